The molecular weight excluding hydrogens is 356 g/mol. The summed E-state index contributed by atoms with van der Waals surface area (Å²) >= 11 is 0. The lowest BCUT2D eigenvalue weighted by Crippen LogP contribution is -2.24. The minimum atomic E-state index is -0.564. The molecule has 2 aromatic rings. The molecular formula is C22H24N2O4. The Hall–Kier alpha value is -3.15. The van der Waals surface area contributed by atoms with Gasteiger partial charge in [0.15, 0.2) is 6.61 Å². The molecule has 1 saturated heterocycles. The number of nitrogens with one attached hydrogen (secondary N) is 1. The second-order valence-electron chi connectivity index (χ2n) is 6.99. The van der Waals surface area contributed by atoms with Crippen LogP contribution >= 0.6 is 0 Å². The van der Waals surface area contributed by atoms with Gasteiger partial charge in [0.2, 0.25) is 5.91 Å². The summed E-state index contributed by atoms with van der Waals surface area (Å²) in [5, 5.41) is 2.76. The summed E-state index contributed by atoms with van der Waals surface area (Å²) in [6, 6.07) is 12.6. The summed E-state index contributed by atoms with van der Waals surface area (Å²) in [7, 11) is 0. The van der Waals surface area contributed by atoms with Crippen molar-refractivity contribution in [3.8, 4) is 0 Å². The standard InChI is InChI=1S/C22H24N2O4/c1-15-6-3-9-19(16(15)2)23-20(25)14-28-22(27)18-8-4-7-17(12-18)13-24-11-5-10-21(24)26/h3-4,6-9,12H,5,10-11,13-14H2,1-2H3,(H,23,25). The second-order valence-corrected chi connectivity index (χ2v) is 6.99. The normalized spacial score (nSPS) is 13.5. The highest BCUT2D eigenvalue weighted by atomic mass is 16.5. The van der Waals surface area contributed by atoms with Gasteiger partial charge in [0.05, 0.1) is 5.56 Å². The SMILES string of the molecule is Cc1cccc(NC(=O)COC(=O)c2cccc(CN3CCCC3=O)c2)c1C. The van der Waals surface area contributed by atoms with Crippen LogP contribution in [-0.4, -0.2) is 35.8 Å². The van der Waals surface area contributed by atoms with E-state index in [-0.39, 0.29) is 18.4 Å². The largest absolute Gasteiger partial charge is 0.452 e. The first-order valence-corrected chi connectivity index (χ1v) is 9.34. The third-order valence-corrected chi connectivity index (χ3v) is 4.92. The van der Waals surface area contributed by atoms with Crippen LogP contribution in [0.15, 0.2) is 42.5 Å². The summed E-state index contributed by atoms with van der Waals surface area (Å²) in [4.78, 5) is 37.9. The van der Waals surface area contributed by atoms with Gasteiger partial charge in [-0.25, -0.2) is 4.79 Å². The molecule has 3 rings (SSSR count). The minimum Gasteiger partial charge on any atom is -0.452 e. The van der Waals surface area contributed by atoms with Crippen molar-refractivity contribution < 1.29 is 19.1 Å². The van der Waals surface area contributed by atoms with Gasteiger partial charge in [-0.1, -0.05) is 24.3 Å². The molecule has 0 aromatic heterocycles. The number of anilines is 1. The summed E-state index contributed by atoms with van der Waals surface area (Å²) in [5.74, 6) is -0.817. The topological polar surface area (TPSA) is 75.7 Å². The van der Waals surface area contributed by atoms with Crippen LogP contribution in [0.25, 0.3) is 0 Å². The first-order chi connectivity index (χ1) is 13.4. The van der Waals surface area contributed by atoms with Crippen LogP contribution in [0, 0.1) is 13.8 Å². The average molecular weight is 380 g/mol. The van der Waals surface area contributed by atoms with E-state index in [0.717, 1.165) is 29.7 Å². The number of aryl methyl sites for hydroxylation is 1. The molecule has 0 bridgehead atoms. The molecule has 1 heterocycles. The van der Waals surface area contributed by atoms with Crippen molar-refractivity contribution >= 4 is 23.5 Å². The number of esters is 1. The summed E-state index contributed by atoms with van der Waals surface area (Å²) < 4.78 is 5.15. The quantitative estimate of drug-likeness (QED) is 0.781. The molecule has 1 N–H and O–H groups in total. The maximum atomic E-state index is 12.3. The Balaban J connectivity index is 1.55. The molecule has 28 heavy (non-hydrogen) atoms. The predicted molar refractivity (Wildman–Crippen MR) is 106 cm³/mol. The van der Waals surface area contributed by atoms with Crippen molar-refractivity contribution in [2.45, 2.75) is 33.2 Å². The maximum absolute atomic E-state index is 12.3. The van der Waals surface area contributed by atoms with E-state index in [0.29, 0.717) is 24.2 Å². The van der Waals surface area contributed by atoms with Gasteiger partial charge < -0.3 is 15.0 Å². The highest BCUT2D eigenvalue weighted by Crippen LogP contribution is 2.18. The highest BCUT2D eigenvalue weighted by Gasteiger charge is 2.20. The Bertz CT molecular complexity index is 907. The zero-order chi connectivity index (χ0) is 20.1. The molecule has 6 heteroatoms. The highest BCUT2D eigenvalue weighted by molar-refractivity contribution is 5.96. The van der Waals surface area contributed by atoms with Gasteiger partial charge in [-0.3, -0.25) is 9.59 Å². The number of amides is 2. The zero-order valence-electron chi connectivity index (χ0n) is 16.2. The number of hydrogen-bond donors (Lipinski definition) is 1. The lowest BCUT2D eigenvalue weighted by Gasteiger charge is -2.16. The third-order valence-electron chi connectivity index (χ3n) is 4.92. The number of ether oxygens (including phenoxy) is 1. The van der Waals surface area contributed by atoms with Crippen LogP contribution in [0.5, 0.6) is 0 Å². The minimum absolute atomic E-state index is 0.135. The summed E-state index contributed by atoms with van der Waals surface area (Å²) in [5.41, 5.74) is 3.99. The fourth-order valence-electron chi connectivity index (χ4n) is 3.18. The lowest BCUT2D eigenvalue weighted by atomic mass is 10.1. The molecule has 0 radical (unpaired) electrons. The van der Waals surface area contributed by atoms with Crippen LogP contribution in [0.3, 0.4) is 0 Å². The summed E-state index contributed by atoms with van der Waals surface area (Å²) in [6.45, 7) is 4.75. The van der Waals surface area contributed by atoms with Gasteiger partial charge in [0.1, 0.15) is 0 Å². The van der Waals surface area contributed by atoms with E-state index in [2.05, 4.69) is 5.32 Å². The van der Waals surface area contributed by atoms with E-state index < -0.39 is 5.97 Å². The first-order valence-electron chi connectivity index (χ1n) is 9.34. The van der Waals surface area contributed by atoms with Gasteiger partial charge in [-0.15, -0.1) is 0 Å². The van der Waals surface area contributed by atoms with Crippen LogP contribution in [0.1, 0.15) is 39.9 Å². The van der Waals surface area contributed by atoms with Crippen molar-refractivity contribution in [3.63, 3.8) is 0 Å². The molecule has 1 aliphatic heterocycles. The van der Waals surface area contributed by atoms with Crippen molar-refractivity contribution in [2.24, 2.45) is 0 Å². The van der Waals surface area contributed by atoms with Gasteiger partial charge in [0, 0.05) is 25.2 Å². The number of carbonyl (C=O) groups excluding carboxylic acids is 3. The van der Waals surface area contributed by atoms with Gasteiger partial charge in [0.25, 0.3) is 5.91 Å². The van der Waals surface area contributed by atoms with Crippen molar-refractivity contribution in [2.75, 3.05) is 18.5 Å². The number of likely N-dealkylation sites (tertiary alicyclic amines) is 1. The first kappa shape index (κ1) is 19.6. The van der Waals surface area contributed by atoms with E-state index in [1.54, 1.807) is 23.1 Å². The van der Waals surface area contributed by atoms with E-state index in [1.807, 2.05) is 38.1 Å². The molecule has 6 nitrogen and oxygen atoms in total. The van der Waals surface area contributed by atoms with Gasteiger partial charge >= 0.3 is 5.97 Å². The van der Waals surface area contributed by atoms with Crippen LogP contribution in [-0.2, 0) is 20.9 Å². The molecule has 0 atom stereocenters. The molecule has 1 aliphatic rings. The molecule has 146 valence electrons. The van der Waals surface area contributed by atoms with Crippen LogP contribution in [0.2, 0.25) is 0 Å². The predicted octanol–water partition coefficient (Wildman–Crippen LogP) is 3.22. The maximum Gasteiger partial charge on any atom is 0.338 e. The third kappa shape index (κ3) is 4.76. The average Bonchev–Trinajstić information content (AvgIpc) is 3.08. The Morgan fingerprint density at radius 3 is 2.68 bits per heavy atom. The molecule has 0 aliphatic carbocycles. The number of rotatable bonds is 6. The Morgan fingerprint density at radius 1 is 1.14 bits per heavy atom. The fourth-order valence-corrected chi connectivity index (χ4v) is 3.18. The molecule has 2 amide bonds. The van der Waals surface area contributed by atoms with E-state index in [1.165, 1.54) is 0 Å². The van der Waals surface area contributed by atoms with Gasteiger partial charge in [-0.2, -0.15) is 0 Å². The molecule has 0 saturated carbocycles. The molecule has 0 spiro atoms. The van der Waals surface area contributed by atoms with E-state index >= 15 is 0 Å². The Kier molecular flexibility index (Phi) is 6.09. The van der Waals surface area contributed by atoms with Crippen molar-refractivity contribution in [1.82, 2.24) is 4.90 Å². The monoisotopic (exact) mass is 380 g/mol. The Labute approximate surface area is 164 Å². The van der Waals surface area contributed by atoms with Crippen LogP contribution < -0.4 is 5.32 Å². The van der Waals surface area contributed by atoms with Crippen LogP contribution in [0.4, 0.5) is 5.69 Å². The van der Waals surface area contributed by atoms with Crippen molar-refractivity contribution in [3.05, 3.63) is 64.7 Å². The zero-order valence-corrected chi connectivity index (χ0v) is 16.2. The summed E-state index contributed by atoms with van der Waals surface area (Å²) in [6.07, 6.45) is 1.45. The second kappa shape index (κ2) is 8.69. The smallest absolute Gasteiger partial charge is 0.338 e. The number of carbonyl (C=O) groups is 3. The number of nitrogens with zero attached hydrogens (tertiary/aromatic N) is 1. The molecule has 2 aromatic carbocycles. The lowest BCUT2D eigenvalue weighted by molar-refractivity contribution is -0.128. The molecule has 1 fully saturated rings. The van der Waals surface area contributed by atoms with E-state index in [4.69, 9.17) is 4.74 Å². The fraction of sp³-hybridized carbons (Fsp3) is 0.318. The number of hydrogen-bond acceptors (Lipinski definition) is 4. The molecule has 0 unspecified atom stereocenters. The van der Waals surface area contributed by atoms with E-state index in [9.17, 15) is 14.4 Å². The number of benzene rings is 2. The van der Waals surface area contributed by atoms with Crippen molar-refractivity contribution in [1.29, 1.82) is 0 Å². The van der Waals surface area contributed by atoms with Gasteiger partial charge in [-0.05, 0) is 55.2 Å². The Morgan fingerprint density at radius 2 is 1.93 bits per heavy atom.